The van der Waals surface area contributed by atoms with Gasteiger partial charge < -0.3 is 19.7 Å². The van der Waals surface area contributed by atoms with Crippen molar-refractivity contribution in [2.45, 2.75) is 17.1 Å². The summed E-state index contributed by atoms with van der Waals surface area (Å²) >= 11 is 8.23. The number of carbonyl (C=O) groups is 2. The van der Waals surface area contributed by atoms with Crippen LogP contribution in [-0.2, 0) is 9.53 Å². The highest BCUT2D eigenvalue weighted by atomic mass is 79.9. The Bertz CT molecular complexity index is 1200. The fourth-order valence-corrected chi connectivity index (χ4v) is 4.75. The van der Waals surface area contributed by atoms with Crippen molar-refractivity contribution in [1.82, 2.24) is 0 Å². The number of nitrogens with one attached hydrogen (secondary N) is 1. The molecular weight excluding hydrogens is 602 g/mol. The van der Waals surface area contributed by atoms with Gasteiger partial charge in [-0.25, -0.2) is 9.59 Å². The Morgan fingerprint density at radius 2 is 1.74 bits per heavy atom. The summed E-state index contributed by atoms with van der Waals surface area (Å²) in [7, 11) is 0. The Balaban J connectivity index is 1.99. The molecule has 0 saturated heterocycles. The van der Waals surface area contributed by atoms with Crippen LogP contribution in [0.5, 0.6) is 11.5 Å². The molecule has 0 unspecified atom stereocenters. The van der Waals surface area contributed by atoms with Gasteiger partial charge in [-0.15, -0.1) is 11.8 Å². The summed E-state index contributed by atoms with van der Waals surface area (Å²) in [6.45, 7) is 0. The van der Waals surface area contributed by atoms with E-state index in [9.17, 15) is 19.8 Å². The number of phenols is 1. The van der Waals surface area contributed by atoms with Crippen molar-refractivity contribution in [2.75, 3.05) is 11.6 Å². The van der Waals surface area contributed by atoms with Gasteiger partial charge in [0.15, 0.2) is 12.2 Å². The number of anilines is 1. The minimum atomic E-state index is -1.22. The fourth-order valence-electron chi connectivity index (χ4n) is 3.08. The lowest BCUT2D eigenvalue weighted by Gasteiger charge is -2.27. The zero-order valence-electron chi connectivity index (χ0n) is 18.4. The van der Waals surface area contributed by atoms with Crippen molar-refractivity contribution in [1.29, 1.82) is 0 Å². The Hall–Kier alpha value is -2.95. The second-order valence-corrected chi connectivity index (χ2v) is 9.75. The monoisotopic (exact) mass is 621 g/mol. The second-order valence-electron chi connectivity index (χ2n) is 7.10. The highest BCUT2D eigenvalue weighted by Gasteiger charge is 2.31. The Morgan fingerprint density at radius 1 is 1.06 bits per heavy atom. The first-order chi connectivity index (χ1) is 16.8. The summed E-state index contributed by atoms with van der Waals surface area (Å²) in [5, 5.41) is 22.6. The third-order valence-electron chi connectivity index (χ3n) is 4.68. The smallest absolute Gasteiger partial charge is 0.412 e. The lowest BCUT2D eigenvalue weighted by Crippen LogP contribution is -2.30. The number of carbonyl (C=O) groups excluding carboxylic acids is 1. The average Bonchev–Trinajstić information content (AvgIpc) is 2.84. The van der Waals surface area contributed by atoms with Crippen LogP contribution in [0.25, 0.3) is 0 Å². The van der Waals surface area contributed by atoms with Gasteiger partial charge in [-0.1, -0.05) is 34.1 Å². The molecule has 10 heteroatoms. The molecule has 0 heterocycles. The number of hydrogen-bond acceptors (Lipinski definition) is 6. The predicted octanol–water partition coefficient (Wildman–Crippen LogP) is 7.02. The van der Waals surface area contributed by atoms with E-state index >= 15 is 0 Å². The molecule has 0 saturated carbocycles. The summed E-state index contributed by atoms with van der Waals surface area (Å²) in [6.07, 6.45) is 0.978. The molecular formula is C25H21Br2NO6S. The van der Waals surface area contributed by atoms with E-state index in [1.807, 2.05) is 18.4 Å². The van der Waals surface area contributed by atoms with Crippen LogP contribution in [0.4, 0.5) is 10.5 Å². The maximum Gasteiger partial charge on any atom is 0.412 e. The summed E-state index contributed by atoms with van der Waals surface area (Å²) < 4.78 is 12.7. The van der Waals surface area contributed by atoms with Gasteiger partial charge in [0.25, 0.3) is 0 Å². The van der Waals surface area contributed by atoms with E-state index in [4.69, 9.17) is 9.47 Å². The zero-order chi connectivity index (χ0) is 25.4. The topological polar surface area (TPSA) is 105 Å². The fraction of sp³-hybridized carbons (Fsp3) is 0.120. The molecule has 3 aromatic rings. The first-order valence-corrected chi connectivity index (χ1v) is 13.0. The molecule has 3 N–H and O–H groups in total. The van der Waals surface area contributed by atoms with Crippen molar-refractivity contribution >= 4 is 61.4 Å². The summed E-state index contributed by atoms with van der Waals surface area (Å²) in [5.41, 5.74) is 0.711. The molecule has 3 rings (SSSR count). The lowest BCUT2D eigenvalue weighted by atomic mass is 10.0. The average molecular weight is 623 g/mol. The summed E-state index contributed by atoms with van der Waals surface area (Å²) in [4.78, 5) is 25.2. The molecule has 0 radical (unpaired) electrons. The van der Waals surface area contributed by atoms with Gasteiger partial charge in [-0.05, 0) is 76.8 Å². The Morgan fingerprint density at radius 3 is 2.37 bits per heavy atom. The molecule has 0 aromatic heterocycles. The first kappa shape index (κ1) is 26.7. The van der Waals surface area contributed by atoms with Crippen LogP contribution in [0.3, 0.4) is 0 Å². The normalized spacial score (nSPS) is 12.7. The van der Waals surface area contributed by atoms with Crippen molar-refractivity contribution in [3.63, 3.8) is 0 Å². The maximum atomic E-state index is 12.9. The Labute approximate surface area is 223 Å². The number of phenolic OH excluding ortho intramolecular Hbond substituents is 1. The summed E-state index contributed by atoms with van der Waals surface area (Å²) in [6, 6.07) is 19.0. The van der Waals surface area contributed by atoms with Crippen molar-refractivity contribution < 1.29 is 29.3 Å². The summed E-state index contributed by atoms with van der Waals surface area (Å²) in [5.74, 6) is -0.966. The number of carboxylic acids is 1. The molecule has 0 aliphatic rings. The standard InChI is InChI=1S/C25H21Br2NO6S/c1-35-18-9-7-16(8-10-18)28-25(32)34-24(19-13-15(26)14-20(27)23(19)31)21(11-12-22(29)30)33-17-5-3-2-4-6-17/h2-14,21,24,31H,1H3,(H,28,32)(H,29,30)/b12-11+/t21-,24-/m1/s1. The number of aliphatic carboxylic acids is 1. The van der Waals surface area contributed by atoms with Crippen LogP contribution >= 0.6 is 43.6 Å². The third-order valence-corrected chi connectivity index (χ3v) is 6.48. The lowest BCUT2D eigenvalue weighted by molar-refractivity contribution is -0.131. The molecule has 35 heavy (non-hydrogen) atoms. The van der Waals surface area contributed by atoms with E-state index in [-0.39, 0.29) is 11.3 Å². The molecule has 0 aliphatic heterocycles. The number of ether oxygens (including phenoxy) is 2. The molecule has 0 bridgehead atoms. The minimum Gasteiger partial charge on any atom is -0.506 e. The van der Waals surface area contributed by atoms with Crippen LogP contribution in [0, 0.1) is 0 Å². The SMILES string of the molecule is CSc1ccc(NC(=O)O[C@H](c2cc(Br)cc(Br)c2O)[C@@H](/C=C/C(=O)O)Oc2ccccc2)cc1. The number of hydrogen-bond donors (Lipinski definition) is 3. The highest BCUT2D eigenvalue weighted by Crippen LogP contribution is 2.39. The van der Waals surface area contributed by atoms with Crippen LogP contribution < -0.4 is 10.1 Å². The van der Waals surface area contributed by atoms with E-state index in [0.29, 0.717) is 20.4 Å². The van der Waals surface area contributed by atoms with Crippen molar-refractivity contribution in [3.05, 3.63) is 93.4 Å². The molecule has 3 aromatic carbocycles. The molecule has 0 aliphatic carbocycles. The quantitative estimate of drug-likeness (QED) is 0.174. The van der Waals surface area contributed by atoms with Crippen LogP contribution in [0.2, 0.25) is 0 Å². The van der Waals surface area contributed by atoms with E-state index in [2.05, 4.69) is 37.2 Å². The number of carboxylic acid groups (broad SMARTS) is 1. The molecule has 1 amide bonds. The molecule has 2 atom stereocenters. The van der Waals surface area contributed by atoms with Crippen LogP contribution in [0.15, 0.2) is 92.7 Å². The third kappa shape index (κ3) is 7.78. The number of amides is 1. The number of thioether (sulfide) groups is 1. The van der Waals surface area contributed by atoms with E-state index in [0.717, 1.165) is 11.0 Å². The Kier molecular flexibility index (Phi) is 9.64. The maximum absolute atomic E-state index is 12.9. The van der Waals surface area contributed by atoms with E-state index in [1.165, 1.54) is 6.08 Å². The number of halogens is 2. The van der Waals surface area contributed by atoms with Gasteiger partial charge in [0, 0.05) is 26.7 Å². The number of aromatic hydroxyl groups is 1. The number of para-hydroxylation sites is 1. The second kappa shape index (κ2) is 12.7. The van der Waals surface area contributed by atoms with Crippen LogP contribution in [-0.4, -0.2) is 34.6 Å². The molecule has 182 valence electrons. The predicted molar refractivity (Wildman–Crippen MR) is 142 cm³/mol. The van der Waals surface area contributed by atoms with Gasteiger partial charge in [0.2, 0.25) is 0 Å². The molecule has 0 spiro atoms. The van der Waals surface area contributed by atoms with Gasteiger partial charge in [0.05, 0.1) is 4.47 Å². The van der Waals surface area contributed by atoms with Crippen molar-refractivity contribution in [2.24, 2.45) is 0 Å². The molecule has 0 fully saturated rings. The largest absolute Gasteiger partial charge is 0.506 e. The van der Waals surface area contributed by atoms with Crippen LogP contribution in [0.1, 0.15) is 11.7 Å². The van der Waals surface area contributed by atoms with Gasteiger partial charge in [0.1, 0.15) is 11.5 Å². The first-order valence-electron chi connectivity index (χ1n) is 10.2. The van der Waals surface area contributed by atoms with Gasteiger partial charge in [-0.2, -0.15) is 0 Å². The molecule has 7 nitrogen and oxygen atoms in total. The van der Waals surface area contributed by atoms with E-state index in [1.54, 1.807) is 66.4 Å². The highest BCUT2D eigenvalue weighted by molar-refractivity contribution is 9.11. The number of rotatable bonds is 9. The zero-order valence-corrected chi connectivity index (χ0v) is 22.3. The van der Waals surface area contributed by atoms with Gasteiger partial charge in [-0.3, -0.25) is 5.32 Å². The van der Waals surface area contributed by atoms with Gasteiger partial charge >= 0.3 is 12.1 Å². The minimum absolute atomic E-state index is 0.180. The number of benzene rings is 3. The van der Waals surface area contributed by atoms with E-state index < -0.39 is 24.3 Å². The van der Waals surface area contributed by atoms with Crippen molar-refractivity contribution in [3.8, 4) is 11.5 Å².